The van der Waals surface area contributed by atoms with Gasteiger partial charge in [0.25, 0.3) is 0 Å². The number of nitrogens with zero attached hydrogens (tertiary/aromatic N) is 4. The van der Waals surface area contributed by atoms with Gasteiger partial charge in [-0.3, -0.25) is 0 Å². The van der Waals surface area contributed by atoms with E-state index >= 15 is 0 Å². The van der Waals surface area contributed by atoms with E-state index in [0.29, 0.717) is 29.1 Å². The Balaban J connectivity index is 1.61. The molecule has 0 unspecified atom stereocenters. The number of rotatable bonds is 5. The van der Waals surface area contributed by atoms with Gasteiger partial charge < -0.3 is 4.84 Å². The fourth-order valence-corrected chi connectivity index (χ4v) is 4.90. The molecule has 0 aliphatic carbocycles. The number of hydrogen-bond donors (Lipinski definition) is 0. The van der Waals surface area contributed by atoms with E-state index in [1.807, 2.05) is 12.1 Å². The Morgan fingerprint density at radius 3 is 2.67 bits per heavy atom. The second kappa shape index (κ2) is 7.46. The average Bonchev–Trinajstić information content (AvgIpc) is 3.09. The Hall–Kier alpha value is -2.16. The van der Waals surface area contributed by atoms with Crippen LogP contribution in [0.25, 0.3) is 11.0 Å². The summed E-state index contributed by atoms with van der Waals surface area (Å²) in [7, 11) is -3.53. The summed E-state index contributed by atoms with van der Waals surface area (Å²) in [6.07, 6.45) is 2.85. The summed E-state index contributed by atoms with van der Waals surface area (Å²) in [5.74, 6) is 0. The second-order valence-electron chi connectivity index (χ2n) is 6.48. The third kappa shape index (κ3) is 3.78. The first-order chi connectivity index (χ1) is 13.0. The molecule has 1 aliphatic rings. The summed E-state index contributed by atoms with van der Waals surface area (Å²) in [4.78, 5) is 7.17. The Bertz CT molecular complexity index is 1060. The molecule has 7 nitrogen and oxygen atoms in total. The van der Waals surface area contributed by atoms with Crippen molar-refractivity contribution in [2.45, 2.75) is 30.8 Å². The molecule has 27 heavy (non-hydrogen) atoms. The zero-order valence-electron chi connectivity index (χ0n) is 14.6. The van der Waals surface area contributed by atoms with Gasteiger partial charge in [0.15, 0.2) is 0 Å². The quantitative estimate of drug-likeness (QED) is 0.651. The fraction of sp³-hybridized carbons (Fsp3) is 0.333. The largest absolute Gasteiger partial charge is 0.390 e. The van der Waals surface area contributed by atoms with Crippen LogP contribution in [0.4, 0.5) is 0 Å². The average molecular weight is 407 g/mol. The van der Waals surface area contributed by atoms with E-state index in [0.717, 1.165) is 24.8 Å². The minimum atomic E-state index is -3.53. The molecule has 3 aromatic rings. The van der Waals surface area contributed by atoms with Gasteiger partial charge in [-0.15, -0.1) is 5.10 Å². The maximum Gasteiger partial charge on any atom is 0.243 e. The highest BCUT2D eigenvalue weighted by molar-refractivity contribution is 7.89. The standard InChI is InChI=1S/C18H19ClN4O3S/c19-15-6-4-5-14(11-15)13-26-23-18-12-16(7-8-17(18)20-21-23)27(24,25)22-9-2-1-3-10-22/h4-8,11-12H,1-3,9-10,13H2. The van der Waals surface area contributed by atoms with Crippen molar-refractivity contribution in [3.63, 3.8) is 0 Å². The second-order valence-corrected chi connectivity index (χ2v) is 8.86. The Morgan fingerprint density at radius 1 is 1.07 bits per heavy atom. The molecule has 0 spiro atoms. The molecule has 1 aromatic heterocycles. The maximum absolute atomic E-state index is 12.9. The minimum absolute atomic E-state index is 0.229. The predicted octanol–water partition coefficient (Wildman–Crippen LogP) is 2.89. The summed E-state index contributed by atoms with van der Waals surface area (Å²) >= 11 is 5.98. The summed E-state index contributed by atoms with van der Waals surface area (Å²) in [5, 5.41) is 8.63. The van der Waals surface area contributed by atoms with Crippen LogP contribution in [0.1, 0.15) is 24.8 Å². The lowest BCUT2D eigenvalue weighted by Gasteiger charge is -2.25. The van der Waals surface area contributed by atoms with E-state index in [2.05, 4.69) is 10.3 Å². The van der Waals surface area contributed by atoms with Crippen molar-refractivity contribution < 1.29 is 13.3 Å². The molecule has 0 bridgehead atoms. The first kappa shape index (κ1) is 18.2. The summed E-state index contributed by atoms with van der Waals surface area (Å²) in [6.45, 7) is 1.36. The molecule has 9 heteroatoms. The number of aromatic nitrogens is 3. The number of piperidine rings is 1. The molecular formula is C18H19ClN4O3S. The molecule has 0 N–H and O–H groups in total. The minimum Gasteiger partial charge on any atom is -0.390 e. The lowest BCUT2D eigenvalue weighted by atomic mass is 10.2. The Morgan fingerprint density at radius 2 is 1.89 bits per heavy atom. The van der Waals surface area contributed by atoms with E-state index < -0.39 is 10.0 Å². The van der Waals surface area contributed by atoms with Gasteiger partial charge in [0.05, 0.1) is 4.90 Å². The van der Waals surface area contributed by atoms with Gasteiger partial charge >= 0.3 is 0 Å². The van der Waals surface area contributed by atoms with Crippen LogP contribution in [0, 0.1) is 0 Å². The molecule has 2 aromatic carbocycles. The summed E-state index contributed by atoms with van der Waals surface area (Å²) in [5.41, 5.74) is 1.96. The molecule has 1 aliphatic heterocycles. The Labute approximate surface area is 162 Å². The first-order valence-electron chi connectivity index (χ1n) is 8.77. The summed E-state index contributed by atoms with van der Waals surface area (Å²) in [6, 6.07) is 12.1. The van der Waals surface area contributed by atoms with E-state index in [-0.39, 0.29) is 11.5 Å². The number of benzene rings is 2. The molecule has 0 amide bonds. The molecule has 1 fully saturated rings. The molecule has 1 saturated heterocycles. The molecule has 4 rings (SSSR count). The van der Waals surface area contributed by atoms with Crippen molar-refractivity contribution in [1.29, 1.82) is 0 Å². The lowest BCUT2D eigenvalue weighted by molar-refractivity contribution is 0.0751. The molecule has 0 saturated carbocycles. The van der Waals surface area contributed by atoms with Crippen LogP contribution in [0.3, 0.4) is 0 Å². The highest BCUT2D eigenvalue weighted by atomic mass is 35.5. The third-order valence-electron chi connectivity index (χ3n) is 4.58. The van der Waals surface area contributed by atoms with Crippen LogP contribution >= 0.6 is 11.6 Å². The van der Waals surface area contributed by atoms with Crippen LogP contribution < -0.4 is 4.84 Å². The zero-order valence-corrected chi connectivity index (χ0v) is 16.2. The smallest absolute Gasteiger partial charge is 0.243 e. The van der Waals surface area contributed by atoms with Crippen LogP contribution in [-0.2, 0) is 16.6 Å². The molecule has 2 heterocycles. The van der Waals surface area contributed by atoms with Gasteiger partial charge in [-0.25, -0.2) is 8.42 Å². The molecule has 0 atom stereocenters. The van der Waals surface area contributed by atoms with Crippen molar-refractivity contribution in [1.82, 2.24) is 19.5 Å². The first-order valence-corrected chi connectivity index (χ1v) is 10.6. The van der Waals surface area contributed by atoms with E-state index in [1.165, 1.54) is 4.85 Å². The number of sulfonamides is 1. The normalized spacial score (nSPS) is 15.9. The van der Waals surface area contributed by atoms with Crippen molar-refractivity contribution in [2.75, 3.05) is 13.1 Å². The van der Waals surface area contributed by atoms with E-state index in [9.17, 15) is 8.42 Å². The van der Waals surface area contributed by atoms with Crippen LogP contribution in [-0.4, -0.2) is 41.0 Å². The topological polar surface area (TPSA) is 77.3 Å². The SMILES string of the molecule is O=S(=O)(c1ccc2nnn(OCc3cccc(Cl)c3)c2c1)N1CCCCC1. The van der Waals surface area contributed by atoms with Gasteiger partial charge in [-0.1, -0.05) is 35.0 Å². The predicted molar refractivity (Wildman–Crippen MR) is 102 cm³/mol. The molecule has 0 radical (unpaired) electrons. The lowest BCUT2D eigenvalue weighted by Crippen LogP contribution is -2.35. The maximum atomic E-state index is 12.9. The van der Waals surface area contributed by atoms with Crippen LogP contribution in [0.15, 0.2) is 47.4 Å². The highest BCUT2D eigenvalue weighted by Gasteiger charge is 2.26. The molecule has 142 valence electrons. The fourth-order valence-electron chi connectivity index (χ4n) is 3.15. The number of fused-ring (bicyclic) bond motifs is 1. The number of halogens is 1. The van der Waals surface area contributed by atoms with Gasteiger partial charge in [0.2, 0.25) is 10.0 Å². The van der Waals surface area contributed by atoms with Crippen LogP contribution in [0.2, 0.25) is 5.02 Å². The third-order valence-corrected chi connectivity index (χ3v) is 6.71. The monoisotopic (exact) mass is 406 g/mol. The Kier molecular flexibility index (Phi) is 5.03. The van der Waals surface area contributed by atoms with Crippen molar-refractivity contribution >= 4 is 32.7 Å². The van der Waals surface area contributed by atoms with Crippen LogP contribution in [0.5, 0.6) is 0 Å². The van der Waals surface area contributed by atoms with Crippen molar-refractivity contribution in [3.05, 3.63) is 53.1 Å². The van der Waals surface area contributed by atoms with Gasteiger partial charge in [-0.2, -0.15) is 4.31 Å². The van der Waals surface area contributed by atoms with Gasteiger partial charge in [-0.05, 0) is 54.0 Å². The highest BCUT2D eigenvalue weighted by Crippen LogP contribution is 2.23. The zero-order chi connectivity index (χ0) is 18.9. The van der Waals surface area contributed by atoms with E-state index in [4.69, 9.17) is 16.4 Å². The van der Waals surface area contributed by atoms with Crippen molar-refractivity contribution in [3.8, 4) is 0 Å². The number of hydrogen-bond acceptors (Lipinski definition) is 5. The van der Waals surface area contributed by atoms with Gasteiger partial charge in [0.1, 0.15) is 17.6 Å². The summed E-state index contributed by atoms with van der Waals surface area (Å²) < 4.78 is 27.3. The van der Waals surface area contributed by atoms with Gasteiger partial charge in [0, 0.05) is 18.1 Å². The van der Waals surface area contributed by atoms with E-state index in [1.54, 1.807) is 34.6 Å². The molecular weight excluding hydrogens is 388 g/mol. The van der Waals surface area contributed by atoms with Crippen molar-refractivity contribution in [2.24, 2.45) is 0 Å².